The van der Waals surface area contributed by atoms with Gasteiger partial charge in [-0.1, -0.05) is 42.5 Å². The van der Waals surface area contributed by atoms with Gasteiger partial charge in [-0.15, -0.1) is 0 Å². The second-order valence-corrected chi connectivity index (χ2v) is 7.88. The van der Waals surface area contributed by atoms with E-state index in [0.29, 0.717) is 5.75 Å². The summed E-state index contributed by atoms with van der Waals surface area (Å²) in [6.45, 7) is 0. The average molecular weight is 365 g/mol. The van der Waals surface area contributed by atoms with Gasteiger partial charge in [0.05, 0.1) is 4.90 Å². The SMILES string of the molecule is CSCC[C@H](NS(=O)(=O)c1ccc(-c2ccccc2)cc1)C(=O)O. The van der Waals surface area contributed by atoms with Crippen molar-refractivity contribution in [3.63, 3.8) is 0 Å². The lowest BCUT2D eigenvalue weighted by Crippen LogP contribution is -2.41. The van der Waals surface area contributed by atoms with Gasteiger partial charge in [-0.25, -0.2) is 8.42 Å². The number of aliphatic carboxylic acids is 1. The van der Waals surface area contributed by atoms with Gasteiger partial charge in [-0.3, -0.25) is 4.79 Å². The summed E-state index contributed by atoms with van der Waals surface area (Å²) in [5, 5.41) is 9.17. The van der Waals surface area contributed by atoms with Gasteiger partial charge in [0, 0.05) is 0 Å². The Bertz CT molecular complexity index is 774. The van der Waals surface area contributed by atoms with Crippen LogP contribution in [-0.4, -0.2) is 37.5 Å². The fourth-order valence-corrected chi connectivity index (χ4v) is 3.88. The minimum atomic E-state index is -3.87. The Hall–Kier alpha value is -1.83. The number of rotatable bonds is 8. The number of nitrogens with one attached hydrogen (secondary N) is 1. The molecule has 0 aliphatic carbocycles. The number of sulfonamides is 1. The van der Waals surface area contributed by atoms with Crippen LogP contribution in [0.3, 0.4) is 0 Å². The minimum Gasteiger partial charge on any atom is -0.480 e. The molecule has 0 bridgehead atoms. The molecular formula is C17H19NO4S2. The molecule has 2 rings (SSSR count). The summed E-state index contributed by atoms with van der Waals surface area (Å²) in [4.78, 5) is 11.3. The molecule has 0 saturated heterocycles. The zero-order valence-corrected chi connectivity index (χ0v) is 14.8. The summed E-state index contributed by atoms with van der Waals surface area (Å²) in [5.41, 5.74) is 1.88. The Morgan fingerprint density at radius 1 is 1.08 bits per heavy atom. The first kappa shape index (κ1) is 18.5. The van der Waals surface area contributed by atoms with Gasteiger partial charge in [-0.2, -0.15) is 16.5 Å². The highest BCUT2D eigenvalue weighted by atomic mass is 32.2. The predicted octanol–water partition coefficient (Wildman–Crippen LogP) is 2.84. The zero-order valence-electron chi connectivity index (χ0n) is 13.2. The normalized spacial score (nSPS) is 12.7. The predicted molar refractivity (Wildman–Crippen MR) is 96.6 cm³/mol. The molecule has 2 N–H and O–H groups in total. The van der Waals surface area contributed by atoms with Crippen molar-refractivity contribution in [1.82, 2.24) is 4.72 Å². The van der Waals surface area contributed by atoms with Crippen molar-refractivity contribution in [2.45, 2.75) is 17.4 Å². The topological polar surface area (TPSA) is 83.5 Å². The summed E-state index contributed by atoms with van der Waals surface area (Å²) in [6.07, 6.45) is 2.08. The molecule has 7 heteroatoms. The number of benzene rings is 2. The van der Waals surface area contributed by atoms with Crippen molar-refractivity contribution in [2.75, 3.05) is 12.0 Å². The maximum absolute atomic E-state index is 12.4. The van der Waals surface area contributed by atoms with Crippen molar-refractivity contribution >= 4 is 27.8 Å². The molecule has 0 saturated carbocycles. The molecule has 0 aromatic heterocycles. The van der Waals surface area contributed by atoms with Gasteiger partial charge >= 0.3 is 5.97 Å². The summed E-state index contributed by atoms with van der Waals surface area (Å²) in [6, 6.07) is 14.9. The van der Waals surface area contributed by atoms with Crippen LogP contribution in [0.4, 0.5) is 0 Å². The van der Waals surface area contributed by atoms with Crippen molar-refractivity contribution in [3.8, 4) is 11.1 Å². The molecular weight excluding hydrogens is 346 g/mol. The van der Waals surface area contributed by atoms with Gasteiger partial charge in [0.1, 0.15) is 6.04 Å². The number of thioether (sulfide) groups is 1. The van der Waals surface area contributed by atoms with Crippen LogP contribution in [-0.2, 0) is 14.8 Å². The highest BCUT2D eigenvalue weighted by molar-refractivity contribution is 7.98. The third-order valence-corrected chi connectivity index (χ3v) is 5.61. The van der Waals surface area contributed by atoms with E-state index in [1.54, 1.807) is 12.1 Å². The Morgan fingerprint density at radius 2 is 1.67 bits per heavy atom. The average Bonchev–Trinajstić information content (AvgIpc) is 2.59. The van der Waals surface area contributed by atoms with Crippen LogP contribution in [0.5, 0.6) is 0 Å². The van der Waals surface area contributed by atoms with Crippen LogP contribution in [0.1, 0.15) is 6.42 Å². The van der Waals surface area contributed by atoms with Crippen molar-refractivity contribution in [2.24, 2.45) is 0 Å². The van der Waals surface area contributed by atoms with E-state index < -0.39 is 22.0 Å². The van der Waals surface area contributed by atoms with Gasteiger partial charge in [0.25, 0.3) is 0 Å². The first-order valence-electron chi connectivity index (χ1n) is 7.33. The van der Waals surface area contributed by atoms with Crippen molar-refractivity contribution in [3.05, 3.63) is 54.6 Å². The van der Waals surface area contributed by atoms with E-state index in [2.05, 4.69) is 4.72 Å². The maximum atomic E-state index is 12.4. The Labute approximate surface area is 146 Å². The molecule has 0 aliphatic rings. The van der Waals surface area contributed by atoms with Gasteiger partial charge in [0.2, 0.25) is 10.0 Å². The molecule has 0 fully saturated rings. The summed E-state index contributed by atoms with van der Waals surface area (Å²) in [5.74, 6) is -0.611. The smallest absolute Gasteiger partial charge is 0.321 e. The van der Waals surface area contributed by atoms with Crippen LogP contribution >= 0.6 is 11.8 Å². The molecule has 0 unspecified atom stereocenters. The highest BCUT2D eigenvalue weighted by Gasteiger charge is 2.24. The minimum absolute atomic E-state index is 0.0533. The van der Waals surface area contributed by atoms with E-state index in [1.807, 2.05) is 36.6 Å². The lowest BCUT2D eigenvalue weighted by Gasteiger charge is -2.14. The fourth-order valence-electron chi connectivity index (χ4n) is 2.18. The number of hydrogen-bond donors (Lipinski definition) is 2. The fraction of sp³-hybridized carbons (Fsp3) is 0.235. The molecule has 128 valence electrons. The number of carboxylic acids is 1. The van der Waals surface area contributed by atoms with E-state index in [0.717, 1.165) is 11.1 Å². The van der Waals surface area contributed by atoms with Crippen LogP contribution in [0.25, 0.3) is 11.1 Å². The summed E-state index contributed by atoms with van der Waals surface area (Å²) >= 11 is 1.47. The third kappa shape index (κ3) is 4.83. The number of hydrogen-bond acceptors (Lipinski definition) is 4. The summed E-state index contributed by atoms with van der Waals surface area (Å²) in [7, 11) is -3.87. The molecule has 0 aliphatic heterocycles. The molecule has 1 atom stereocenters. The monoisotopic (exact) mass is 365 g/mol. The van der Waals surface area contributed by atoms with Gasteiger partial charge in [-0.05, 0) is 41.7 Å². The van der Waals surface area contributed by atoms with E-state index in [9.17, 15) is 13.2 Å². The molecule has 2 aromatic rings. The van der Waals surface area contributed by atoms with Crippen LogP contribution in [0.2, 0.25) is 0 Å². The van der Waals surface area contributed by atoms with Gasteiger partial charge in [0.15, 0.2) is 0 Å². The second kappa shape index (κ2) is 8.32. The van der Waals surface area contributed by atoms with Crippen LogP contribution in [0, 0.1) is 0 Å². The second-order valence-electron chi connectivity index (χ2n) is 5.18. The molecule has 0 amide bonds. The zero-order chi connectivity index (χ0) is 17.6. The van der Waals surface area contributed by atoms with E-state index >= 15 is 0 Å². The first-order valence-corrected chi connectivity index (χ1v) is 10.2. The highest BCUT2D eigenvalue weighted by Crippen LogP contribution is 2.21. The van der Waals surface area contributed by atoms with E-state index in [4.69, 9.17) is 5.11 Å². The Morgan fingerprint density at radius 3 is 2.21 bits per heavy atom. The lowest BCUT2D eigenvalue weighted by atomic mass is 10.1. The number of carboxylic acid groups (broad SMARTS) is 1. The Balaban J connectivity index is 2.18. The molecule has 24 heavy (non-hydrogen) atoms. The van der Waals surface area contributed by atoms with Crippen LogP contribution in [0.15, 0.2) is 59.5 Å². The largest absolute Gasteiger partial charge is 0.480 e. The summed E-state index contributed by atoms with van der Waals surface area (Å²) < 4.78 is 27.0. The third-order valence-electron chi connectivity index (χ3n) is 3.48. The van der Waals surface area contributed by atoms with Crippen molar-refractivity contribution in [1.29, 1.82) is 0 Å². The van der Waals surface area contributed by atoms with Gasteiger partial charge < -0.3 is 5.11 Å². The Kier molecular flexibility index (Phi) is 6.42. The quantitative estimate of drug-likeness (QED) is 0.751. The first-order chi connectivity index (χ1) is 11.4. The molecule has 0 spiro atoms. The standard InChI is InChI=1S/C17H19NO4S2/c1-23-12-11-16(17(19)20)18-24(21,22)15-9-7-14(8-10-15)13-5-3-2-4-6-13/h2-10,16,18H,11-12H2,1H3,(H,19,20)/t16-/m0/s1. The lowest BCUT2D eigenvalue weighted by molar-refractivity contribution is -0.139. The maximum Gasteiger partial charge on any atom is 0.321 e. The van der Waals surface area contributed by atoms with E-state index in [-0.39, 0.29) is 11.3 Å². The molecule has 0 heterocycles. The molecule has 5 nitrogen and oxygen atoms in total. The molecule has 2 aromatic carbocycles. The van der Waals surface area contributed by atoms with E-state index in [1.165, 1.54) is 23.9 Å². The molecule has 0 radical (unpaired) electrons. The van der Waals surface area contributed by atoms with Crippen LogP contribution < -0.4 is 4.72 Å². The van der Waals surface area contributed by atoms with Crippen molar-refractivity contribution < 1.29 is 18.3 Å². The number of carbonyl (C=O) groups is 1.